The van der Waals surface area contributed by atoms with E-state index in [1.807, 2.05) is 13.0 Å². The molecule has 0 spiro atoms. The Labute approximate surface area is 98.4 Å². The Balaban J connectivity index is 1.88. The van der Waals surface area contributed by atoms with Crippen molar-refractivity contribution in [2.45, 2.75) is 24.7 Å². The number of anilines is 1. The maximum atomic E-state index is 11.9. The fraction of sp³-hybridized carbons (Fsp3) is 0.500. The van der Waals surface area contributed by atoms with E-state index >= 15 is 0 Å². The number of aryl methyl sites for hydroxylation is 1. The van der Waals surface area contributed by atoms with Gasteiger partial charge in [0.1, 0.15) is 5.94 Å². The lowest BCUT2D eigenvalue weighted by Gasteiger charge is -2.06. The molecule has 4 heteroatoms. The first-order valence-electron chi connectivity index (χ1n) is 5.49. The predicted molar refractivity (Wildman–Crippen MR) is 65.5 cm³/mol. The lowest BCUT2D eigenvalue weighted by Crippen LogP contribution is -2.05. The van der Waals surface area contributed by atoms with E-state index in [2.05, 4.69) is 0 Å². The third-order valence-corrected chi connectivity index (χ3v) is 3.91. The van der Waals surface area contributed by atoms with Gasteiger partial charge in [0.15, 0.2) is 0 Å². The van der Waals surface area contributed by atoms with Crippen molar-refractivity contribution in [3.8, 4) is 0 Å². The van der Waals surface area contributed by atoms with Crippen LogP contribution in [0.2, 0.25) is 0 Å². The molecule has 1 unspecified atom stereocenters. The fourth-order valence-electron chi connectivity index (χ4n) is 1.43. The maximum absolute atomic E-state index is 11.9. The molecule has 1 saturated carbocycles. The topological polar surface area (TPSA) is 52.3 Å². The smallest absolute Gasteiger partial charge is 0.126 e. The molecule has 1 aromatic rings. The van der Waals surface area contributed by atoms with Crippen molar-refractivity contribution in [3.63, 3.8) is 0 Å². The first kappa shape index (κ1) is 11.6. The molecule has 0 saturated heterocycles. The number of rotatable bonds is 5. The SMILES string of the molecule is Cc1cc(S(=O)COCC2CC2)ccc1N. The van der Waals surface area contributed by atoms with Gasteiger partial charge in [-0.2, -0.15) is 0 Å². The Kier molecular flexibility index (Phi) is 3.61. The normalized spacial score (nSPS) is 17.3. The van der Waals surface area contributed by atoms with Crippen LogP contribution in [-0.2, 0) is 15.5 Å². The number of hydrogen-bond donors (Lipinski definition) is 1. The zero-order chi connectivity index (χ0) is 11.5. The second kappa shape index (κ2) is 4.97. The summed E-state index contributed by atoms with van der Waals surface area (Å²) >= 11 is 0. The van der Waals surface area contributed by atoms with Crippen molar-refractivity contribution in [1.82, 2.24) is 0 Å². The molecule has 1 aromatic carbocycles. The van der Waals surface area contributed by atoms with Crippen molar-refractivity contribution in [2.24, 2.45) is 5.92 Å². The molecular weight excluding hydrogens is 222 g/mol. The molecule has 0 aromatic heterocycles. The molecule has 0 aliphatic heterocycles. The molecule has 3 nitrogen and oxygen atoms in total. The van der Waals surface area contributed by atoms with Gasteiger partial charge in [-0.3, -0.25) is 4.21 Å². The van der Waals surface area contributed by atoms with Crippen molar-refractivity contribution in [1.29, 1.82) is 0 Å². The Morgan fingerprint density at radius 2 is 2.25 bits per heavy atom. The number of hydrogen-bond acceptors (Lipinski definition) is 3. The molecule has 0 radical (unpaired) electrons. The molecule has 1 aliphatic rings. The van der Waals surface area contributed by atoms with Gasteiger partial charge in [0.25, 0.3) is 0 Å². The number of benzene rings is 1. The van der Waals surface area contributed by atoms with E-state index in [0.717, 1.165) is 22.8 Å². The zero-order valence-corrected chi connectivity index (χ0v) is 10.3. The largest absolute Gasteiger partial charge is 0.399 e. The standard InChI is InChI=1S/C12H17NO2S/c1-9-6-11(4-5-12(9)13)16(14)8-15-7-10-2-3-10/h4-6,10H,2-3,7-8,13H2,1H3. The van der Waals surface area contributed by atoms with E-state index < -0.39 is 10.8 Å². The van der Waals surface area contributed by atoms with Gasteiger partial charge in [-0.05, 0) is 49.4 Å². The van der Waals surface area contributed by atoms with E-state index in [1.165, 1.54) is 12.8 Å². The minimum absolute atomic E-state index is 0.292. The van der Waals surface area contributed by atoms with Gasteiger partial charge >= 0.3 is 0 Å². The zero-order valence-electron chi connectivity index (χ0n) is 9.44. The van der Waals surface area contributed by atoms with Crippen LogP contribution in [0.4, 0.5) is 5.69 Å². The van der Waals surface area contributed by atoms with Gasteiger partial charge in [-0.25, -0.2) is 0 Å². The monoisotopic (exact) mass is 239 g/mol. The number of nitrogens with two attached hydrogens (primary N) is 1. The maximum Gasteiger partial charge on any atom is 0.126 e. The summed E-state index contributed by atoms with van der Waals surface area (Å²) in [6.07, 6.45) is 2.52. The van der Waals surface area contributed by atoms with Crippen molar-refractivity contribution in [2.75, 3.05) is 18.3 Å². The van der Waals surface area contributed by atoms with E-state index in [0.29, 0.717) is 11.9 Å². The molecule has 2 N–H and O–H groups in total. The van der Waals surface area contributed by atoms with Crippen LogP contribution >= 0.6 is 0 Å². The highest BCUT2D eigenvalue weighted by Crippen LogP contribution is 2.28. The summed E-state index contributed by atoms with van der Waals surface area (Å²) in [4.78, 5) is 0.794. The summed E-state index contributed by atoms with van der Waals surface area (Å²) in [6, 6.07) is 5.47. The Morgan fingerprint density at radius 1 is 1.50 bits per heavy atom. The van der Waals surface area contributed by atoms with Gasteiger partial charge in [0.05, 0.1) is 17.4 Å². The lowest BCUT2D eigenvalue weighted by molar-refractivity contribution is 0.168. The number of nitrogen functional groups attached to an aromatic ring is 1. The summed E-state index contributed by atoms with van der Waals surface area (Å²) in [7, 11) is -1.07. The second-order valence-corrected chi connectivity index (χ2v) is 5.69. The highest BCUT2D eigenvalue weighted by atomic mass is 32.2. The van der Waals surface area contributed by atoms with E-state index in [9.17, 15) is 4.21 Å². The molecule has 0 amide bonds. The molecular formula is C12H17NO2S. The highest BCUT2D eigenvalue weighted by Gasteiger charge is 2.21. The summed E-state index contributed by atoms with van der Waals surface area (Å²) in [5, 5.41) is 0. The Bertz CT molecular complexity index is 402. The van der Waals surface area contributed by atoms with Crippen LogP contribution in [0.1, 0.15) is 18.4 Å². The first-order chi connectivity index (χ1) is 7.66. The average molecular weight is 239 g/mol. The van der Waals surface area contributed by atoms with Crippen LogP contribution in [-0.4, -0.2) is 16.8 Å². The van der Waals surface area contributed by atoms with Crippen LogP contribution in [0.5, 0.6) is 0 Å². The molecule has 88 valence electrons. The Hall–Kier alpha value is -0.870. The molecule has 2 rings (SSSR count). The molecule has 1 atom stereocenters. The summed E-state index contributed by atoms with van der Waals surface area (Å²) in [5.74, 6) is 1.00. The van der Waals surface area contributed by atoms with Gasteiger partial charge in [0.2, 0.25) is 0 Å². The van der Waals surface area contributed by atoms with Gasteiger partial charge in [-0.15, -0.1) is 0 Å². The molecule has 0 bridgehead atoms. The minimum atomic E-state index is -1.07. The lowest BCUT2D eigenvalue weighted by atomic mass is 10.2. The van der Waals surface area contributed by atoms with Crippen LogP contribution in [0.25, 0.3) is 0 Å². The van der Waals surface area contributed by atoms with Crippen LogP contribution in [0.15, 0.2) is 23.1 Å². The third kappa shape index (κ3) is 3.06. The number of ether oxygens (including phenoxy) is 1. The van der Waals surface area contributed by atoms with Crippen molar-refractivity contribution < 1.29 is 8.95 Å². The van der Waals surface area contributed by atoms with Crippen LogP contribution in [0.3, 0.4) is 0 Å². The fourth-order valence-corrected chi connectivity index (χ4v) is 2.34. The van der Waals surface area contributed by atoms with E-state index in [-0.39, 0.29) is 0 Å². The summed E-state index contributed by atoms with van der Waals surface area (Å²) in [6.45, 7) is 2.67. The molecule has 1 fully saturated rings. The van der Waals surface area contributed by atoms with Crippen LogP contribution < -0.4 is 5.73 Å². The quantitative estimate of drug-likeness (QED) is 0.800. The van der Waals surface area contributed by atoms with Crippen molar-refractivity contribution >= 4 is 16.5 Å². The summed E-state index contributed by atoms with van der Waals surface area (Å²) < 4.78 is 17.3. The van der Waals surface area contributed by atoms with Crippen LogP contribution in [0, 0.1) is 12.8 Å². The van der Waals surface area contributed by atoms with Gasteiger partial charge in [-0.1, -0.05) is 0 Å². The van der Waals surface area contributed by atoms with Crippen molar-refractivity contribution in [3.05, 3.63) is 23.8 Å². The second-order valence-electron chi connectivity index (χ2n) is 4.30. The molecule has 16 heavy (non-hydrogen) atoms. The third-order valence-electron chi connectivity index (χ3n) is 2.75. The Morgan fingerprint density at radius 3 is 2.88 bits per heavy atom. The summed E-state index contributed by atoms with van der Waals surface area (Å²) in [5.41, 5.74) is 7.41. The highest BCUT2D eigenvalue weighted by molar-refractivity contribution is 7.84. The first-order valence-corrected chi connectivity index (χ1v) is 6.81. The van der Waals surface area contributed by atoms with Gasteiger partial charge in [0, 0.05) is 10.6 Å². The molecule has 0 heterocycles. The van der Waals surface area contributed by atoms with Gasteiger partial charge < -0.3 is 10.5 Å². The van der Waals surface area contributed by atoms with E-state index in [4.69, 9.17) is 10.5 Å². The van der Waals surface area contributed by atoms with E-state index in [1.54, 1.807) is 12.1 Å². The average Bonchev–Trinajstić information content (AvgIpc) is 3.06. The minimum Gasteiger partial charge on any atom is -0.399 e. The molecule has 1 aliphatic carbocycles. The predicted octanol–water partition coefficient (Wildman–Crippen LogP) is 2.07.